The zero-order chi connectivity index (χ0) is 16.5. The van der Waals surface area contributed by atoms with Crippen molar-refractivity contribution in [3.05, 3.63) is 47.5 Å². The summed E-state index contributed by atoms with van der Waals surface area (Å²) < 4.78 is 0. The molecule has 1 aromatic carbocycles. The maximum absolute atomic E-state index is 12.0. The first kappa shape index (κ1) is 18.2. The quantitative estimate of drug-likeness (QED) is 0.455. The predicted molar refractivity (Wildman–Crippen MR) is 102 cm³/mol. The molecule has 1 aliphatic rings. The van der Waals surface area contributed by atoms with Crippen LogP contribution in [0.2, 0.25) is 0 Å². The van der Waals surface area contributed by atoms with Crippen molar-refractivity contribution in [1.29, 1.82) is 0 Å². The molecule has 2 atom stereocenters. The highest BCUT2D eigenvalue weighted by Gasteiger charge is 2.22. The molecule has 0 aromatic heterocycles. The van der Waals surface area contributed by atoms with Crippen LogP contribution in [-0.2, 0) is 6.42 Å². The topological polar surface area (TPSA) is 29.1 Å². The predicted octanol–water partition coefficient (Wildman–Crippen LogP) is 4.75. The van der Waals surface area contributed by atoms with Crippen molar-refractivity contribution in [2.75, 3.05) is 12.7 Å². The number of benzene rings is 1. The second-order valence-electron chi connectivity index (χ2n) is 6.93. The van der Waals surface area contributed by atoms with E-state index in [-0.39, 0.29) is 11.3 Å². The molecule has 126 valence electrons. The Kier molecular flexibility index (Phi) is 7.30. The van der Waals surface area contributed by atoms with E-state index in [9.17, 15) is 4.79 Å². The summed E-state index contributed by atoms with van der Waals surface area (Å²) in [6, 6.07) is 8.15. The zero-order valence-electron chi connectivity index (χ0n) is 14.3. The van der Waals surface area contributed by atoms with Crippen LogP contribution in [0.4, 0.5) is 0 Å². The lowest BCUT2D eigenvalue weighted by Gasteiger charge is -2.28. The average Bonchev–Trinajstić information content (AvgIpc) is 2.52. The summed E-state index contributed by atoms with van der Waals surface area (Å²) in [6.45, 7) is 3.10. The van der Waals surface area contributed by atoms with Gasteiger partial charge in [-0.25, -0.2) is 0 Å². The maximum atomic E-state index is 12.0. The highest BCUT2D eigenvalue weighted by atomic mass is 31.0. The molecule has 0 bridgehead atoms. The first-order valence-corrected chi connectivity index (χ1v) is 9.69. The van der Waals surface area contributed by atoms with Crippen molar-refractivity contribution in [2.45, 2.75) is 51.9 Å². The molecule has 0 spiro atoms. The van der Waals surface area contributed by atoms with E-state index < -0.39 is 0 Å². The van der Waals surface area contributed by atoms with Gasteiger partial charge in [-0.1, -0.05) is 44.1 Å². The normalized spacial score (nSPS) is 22.9. The SMILES string of the molecule is CC1(Cc2ccc(C(=O)NCCCP)cc2)/C=C\CCCCC1. The standard InChI is InChI=1S/C20H30NOP/c1-20(12-5-3-2-4-6-13-20)16-17-8-10-18(11-9-17)19(22)21-14-7-15-23/h5,8-12H,2-4,6-7,13-16,23H2,1H3,(H,21,22)/b12-5-. The third-order valence-corrected chi connectivity index (χ3v) is 5.04. The molecular formula is C20H30NOP. The van der Waals surface area contributed by atoms with Crippen molar-refractivity contribution in [3.8, 4) is 0 Å². The molecule has 0 saturated carbocycles. The second-order valence-corrected chi connectivity index (χ2v) is 7.50. The van der Waals surface area contributed by atoms with Crippen molar-refractivity contribution in [2.24, 2.45) is 5.41 Å². The lowest BCUT2D eigenvalue weighted by molar-refractivity contribution is 0.0954. The van der Waals surface area contributed by atoms with Crippen LogP contribution in [0.5, 0.6) is 0 Å². The summed E-state index contributed by atoms with van der Waals surface area (Å²) in [6.07, 6.45) is 14.3. The Morgan fingerprint density at radius 2 is 2.00 bits per heavy atom. The molecule has 23 heavy (non-hydrogen) atoms. The minimum atomic E-state index is 0.0343. The fraction of sp³-hybridized carbons (Fsp3) is 0.550. The van der Waals surface area contributed by atoms with Gasteiger partial charge in [-0.05, 0) is 61.4 Å². The molecule has 2 unspecified atom stereocenters. The van der Waals surface area contributed by atoms with E-state index >= 15 is 0 Å². The number of allylic oxidation sites excluding steroid dienone is 2. The minimum absolute atomic E-state index is 0.0343. The van der Waals surface area contributed by atoms with Crippen LogP contribution in [0.15, 0.2) is 36.4 Å². The number of hydrogen-bond acceptors (Lipinski definition) is 1. The molecule has 0 fully saturated rings. The molecule has 2 nitrogen and oxygen atoms in total. The van der Waals surface area contributed by atoms with Gasteiger partial charge in [0, 0.05) is 12.1 Å². The van der Waals surface area contributed by atoms with E-state index in [1.54, 1.807) is 0 Å². The summed E-state index contributed by atoms with van der Waals surface area (Å²) in [5, 5.41) is 2.96. The van der Waals surface area contributed by atoms with Gasteiger partial charge in [0.1, 0.15) is 0 Å². The van der Waals surface area contributed by atoms with E-state index in [1.165, 1.54) is 37.7 Å². The fourth-order valence-corrected chi connectivity index (χ4v) is 3.42. The Morgan fingerprint density at radius 3 is 2.74 bits per heavy atom. The molecule has 0 aliphatic heterocycles. The highest BCUT2D eigenvalue weighted by Crippen LogP contribution is 2.32. The maximum Gasteiger partial charge on any atom is 0.251 e. The van der Waals surface area contributed by atoms with Crippen LogP contribution in [0.1, 0.15) is 61.4 Å². The van der Waals surface area contributed by atoms with Gasteiger partial charge in [0.05, 0.1) is 0 Å². The van der Waals surface area contributed by atoms with Crippen LogP contribution in [0.3, 0.4) is 0 Å². The lowest BCUT2D eigenvalue weighted by Crippen LogP contribution is -2.24. The van der Waals surface area contributed by atoms with Gasteiger partial charge in [-0.2, -0.15) is 0 Å². The highest BCUT2D eigenvalue weighted by molar-refractivity contribution is 7.16. The Bertz CT molecular complexity index is 523. The molecule has 0 heterocycles. The number of carbonyl (C=O) groups is 1. The number of amides is 1. The van der Waals surface area contributed by atoms with Crippen LogP contribution < -0.4 is 5.32 Å². The van der Waals surface area contributed by atoms with Crippen molar-refractivity contribution in [3.63, 3.8) is 0 Å². The van der Waals surface area contributed by atoms with E-state index in [0.717, 1.165) is 31.1 Å². The van der Waals surface area contributed by atoms with Gasteiger partial charge < -0.3 is 5.32 Å². The summed E-state index contributed by atoms with van der Waals surface area (Å²) in [5.74, 6) is 0.0343. The smallest absolute Gasteiger partial charge is 0.251 e. The second kappa shape index (κ2) is 9.23. The van der Waals surface area contributed by atoms with Crippen LogP contribution in [-0.4, -0.2) is 18.6 Å². The van der Waals surface area contributed by atoms with Gasteiger partial charge in [0.25, 0.3) is 5.91 Å². The average molecular weight is 331 g/mol. The van der Waals surface area contributed by atoms with Crippen LogP contribution in [0.25, 0.3) is 0 Å². The molecule has 1 N–H and O–H groups in total. The first-order chi connectivity index (χ1) is 11.1. The van der Waals surface area contributed by atoms with Crippen molar-refractivity contribution >= 4 is 15.1 Å². The molecule has 3 heteroatoms. The molecular weight excluding hydrogens is 301 g/mol. The monoisotopic (exact) mass is 331 g/mol. The Morgan fingerprint density at radius 1 is 1.22 bits per heavy atom. The summed E-state index contributed by atoms with van der Waals surface area (Å²) in [7, 11) is 2.68. The molecule has 1 amide bonds. The third-order valence-electron chi connectivity index (χ3n) is 4.63. The Labute approximate surface area is 143 Å². The molecule has 2 rings (SSSR count). The van der Waals surface area contributed by atoms with E-state index in [0.29, 0.717) is 0 Å². The third kappa shape index (κ3) is 6.11. The van der Waals surface area contributed by atoms with E-state index in [4.69, 9.17) is 0 Å². The summed E-state index contributed by atoms with van der Waals surface area (Å²) in [4.78, 5) is 12.0. The molecule has 1 aromatic rings. The summed E-state index contributed by atoms with van der Waals surface area (Å²) >= 11 is 0. The van der Waals surface area contributed by atoms with Gasteiger partial charge in [0.2, 0.25) is 0 Å². The van der Waals surface area contributed by atoms with E-state index in [2.05, 4.69) is 45.8 Å². The zero-order valence-corrected chi connectivity index (χ0v) is 15.5. The molecule has 0 saturated heterocycles. The largest absolute Gasteiger partial charge is 0.352 e. The molecule has 0 radical (unpaired) electrons. The van der Waals surface area contributed by atoms with Crippen LogP contribution >= 0.6 is 9.24 Å². The van der Waals surface area contributed by atoms with E-state index in [1.807, 2.05) is 12.1 Å². The number of rotatable bonds is 6. The Balaban J connectivity index is 1.96. The first-order valence-electron chi connectivity index (χ1n) is 8.88. The van der Waals surface area contributed by atoms with Gasteiger partial charge >= 0.3 is 0 Å². The van der Waals surface area contributed by atoms with Crippen LogP contribution in [0, 0.1) is 5.41 Å². The van der Waals surface area contributed by atoms with Crippen molar-refractivity contribution in [1.82, 2.24) is 5.32 Å². The summed E-state index contributed by atoms with van der Waals surface area (Å²) in [5.41, 5.74) is 2.33. The number of hydrogen-bond donors (Lipinski definition) is 1. The lowest BCUT2D eigenvalue weighted by atomic mass is 9.77. The minimum Gasteiger partial charge on any atom is -0.352 e. The van der Waals surface area contributed by atoms with Gasteiger partial charge in [0.15, 0.2) is 0 Å². The van der Waals surface area contributed by atoms with Crippen molar-refractivity contribution < 1.29 is 4.79 Å². The Hall–Kier alpha value is -1.14. The number of carbonyl (C=O) groups excluding carboxylic acids is 1. The molecule has 1 aliphatic carbocycles. The number of nitrogens with one attached hydrogen (secondary N) is 1. The van der Waals surface area contributed by atoms with Gasteiger partial charge in [-0.15, -0.1) is 9.24 Å². The fourth-order valence-electron chi connectivity index (χ4n) is 3.21. The van der Waals surface area contributed by atoms with Gasteiger partial charge in [-0.3, -0.25) is 4.79 Å².